The van der Waals surface area contributed by atoms with Crippen LogP contribution in [0.5, 0.6) is 0 Å². The van der Waals surface area contributed by atoms with Gasteiger partial charge in [0.15, 0.2) is 0 Å². The molecular weight excluding hydrogens is 156 g/mol. The molecule has 12 heavy (non-hydrogen) atoms. The Kier molecular flexibility index (Phi) is 2.87. The second-order valence-electron chi connectivity index (χ2n) is 3.17. The lowest BCUT2D eigenvalue weighted by atomic mass is 10.0. The zero-order valence-corrected chi connectivity index (χ0v) is 7.25. The van der Waals surface area contributed by atoms with Crippen molar-refractivity contribution in [2.24, 2.45) is 0 Å². The second-order valence-corrected chi connectivity index (χ2v) is 3.17. The summed E-state index contributed by atoms with van der Waals surface area (Å²) in [6, 6.07) is 0. The van der Waals surface area contributed by atoms with Gasteiger partial charge in [0, 0.05) is 6.08 Å². The molecule has 68 valence electrons. The van der Waals surface area contributed by atoms with Gasteiger partial charge in [-0.15, -0.1) is 0 Å². The van der Waals surface area contributed by atoms with Crippen LogP contribution in [0.25, 0.3) is 0 Å². The highest BCUT2D eigenvalue weighted by atomic mass is 16.5. The highest BCUT2D eigenvalue weighted by molar-refractivity contribution is 5.81. The minimum absolute atomic E-state index is 0.407. The lowest BCUT2D eigenvalue weighted by molar-refractivity contribution is -0.134. The molecule has 0 heterocycles. The van der Waals surface area contributed by atoms with Gasteiger partial charge in [-0.2, -0.15) is 0 Å². The van der Waals surface area contributed by atoms with Crippen molar-refractivity contribution in [3.8, 4) is 0 Å². The quantitative estimate of drug-likeness (QED) is 0.497. The number of rotatable bonds is 2. The molecule has 0 aromatic heterocycles. The molecule has 3 heteroatoms. The van der Waals surface area contributed by atoms with Gasteiger partial charge < -0.3 is 9.84 Å². The standard InChI is InChI=1S/C9H14O3/c1-12-8(10)4-7-9(11)5-2-3-6-9/h4,7,11H,2-3,5-6H2,1H3/b7-4+. The first-order valence-electron chi connectivity index (χ1n) is 4.16. The number of esters is 1. The Morgan fingerprint density at radius 2 is 2.08 bits per heavy atom. The van der Waals surface area contributed by atoms with Gasteiger partial charge in [0.1, 0.15) is 0 Å². The minimum Gasteiger partial charge on any atom is -0.466 e. The molecule has 0 atom stereocenters. The fraction of sp³-hybridized carbons (Fsp3) is 0.667. The molecule has 0 aliphatic heterocycles. The summed E-state index contributed by atoms with van der Waals surface area (Å²) in [6.07, 6.45) is 6.40. The Hall–Kier alpha value is -0.830. The van der Waals surface area contributed by atoms with Gasteiger partial charge in [0.05, 0.1) is 12.7 Å². The van der Waals surface area contributed by atoms with E-state index < -0.39 is 11.6 Å². The van der Waals surface area contributed by atoms with Crippen molar-refractivity contribution in [3.63, 3.8) is 0 Å². The summed E-state index contributed by atoms with van der Waals surface area (Å²) in [6.45, 7) is 0. The van der Waals surface area contributed by atoms with Gasteiger partial charge in [-0.25, -0.2) is 4.79 Å². The third-order valence-corrected chi connectivity index (χ3v) is 2.20. The molecule has 1 rings (SSSR count). The summed E-state index contributed by atoms with van der Waals surface area (Å²) < 4.78 is 4.42. The van der Waals surface area contributed by atoms with Crippen LogP contribution >= 0.6 is 0 Å². The highest BCUT2D eigenvalue weighted by Gasteiger charge is 2.27. The van der Waals surface area contributed by atoms with E-state index >= 15 is 0 Å². The monoisotopic (exact) mass is 170 g/mol. The summed E-state index contributed by atoms with van der Waals surface area (Å²) in [5, 5.41) is 9.74. The molecule has 0 aromatic rings. The maximum atomic E-state index is 10.7. The summed E-state index contributed by atoms with van der Waals surface area (Å²) in [5.41, 5.74) is -0.756. The largest absolute Gasteiger partial charge is 0.466 e. The topological polar surface area (TPSA) is 46.5 Å². The van der Waals surface area contributed by atoms with Crippen LogP contribution < -0.4 is 0 Å². The first-order valence-corrected chi connectivity index (χ1v) is 4.16. The second kappa shape index (κ2) is 3.72. The predicted molar refractivity (Wildman–Crippen MR) is 44.6 cm³/mol. The number of aliphatic hydroxyl groups is 1. The van der Waals surface area contributed by atoms with Gasteiger partial charge in [-0.1, -0.05) is 12.8 Å². The third kappa shape index (κ3) is 2.34. The van der Waals surface area contributed by atoms with Crippen LogP contribution in [0.4, 0.5) is 0 Å². The number of carbonyl (C=O) groups is 1. The molecule has 3 nitrogen and oxygen atoms in total. The van der Waals surface area contributed by atoms with E-state index in [1.54, 1.807) is 6.08 Å². The van der Waals surface area contributed by atoms with Crippen LogP contribution in [-0.2, 0) is 9.53 Å². The first kappa shape index (κ1) is 9.26. The lowest BCUT2D eigenvalue weighted by Gasteiger charge is -2.15. The SMILES string of the molecule is COC(=O)/C=C/C1(O)CCCC1. The molecule has 1 aliphatic rings. The Balaban J connectivity index is 2.48. The number of methoxy groups -OCH3 is 1. The van der Waals surface area contributed by atoms with Crippen molar-refractivity contribution in [1.82, 2.24) is 0 Å². The number of carbonyl (C=O) groups excluding carboxylic acids is 1. The third-order valence-electron chi connectivity index (χ3n) is 2.20. The van der Waals surface area contributed by atoms with Crippen LogP contribution in [-0.4, -0.2) is 23.8 Å². The van der Waals surface area contributed by atoms with Crippen molar-refractivity contribution < 1.29 is 14.6 Å². The van der Waals surface area contributed by atoms with Gasteiger partial charge >= 0.3 is 5.97 Å². The maximum Gasteiger partial charge on any atom is 0.330 e. The lowest BCUT2D eigenvalue weighted by Crippen LogP contribution is -2.20. The van der Waals surface area contributed by atoms with Crippen LogP contribution in [0.2, 0.25) is 0 Å². The van der Waals surface area contributed by atoms with Crippen molar-refractivity contribution in [1.29, 1.82) is 0 Å². The Morgan fingerprint density at radius 3 is 2.58 bits per heavy atom. The zero-order chi connectivity index (χ0) is 9.03. The molecule has 1 N–H and O–H groups in total. The summed E-state index contributed by atoms with van der Waals surface area (Å²) in [7, 11) is 1.32. The van der Waals surface area contributed by atoms with Crippen LogP contribution in [0.1, 0.15) is 25.7 Å². The van der Waals surface area contributed by atoms with Crippen molar-refractivity contribution in [2.45, 2.75) is 31.3 Å². The molecule has 0 amide bonds. The van der Waals surface area contributed by atoms with Gasteiger partial charge in [-0.05, 0) is 18.9 Å². The maximum absolute atomic E-state index is 10.7. The molecule has 1 fully saturated rings. The molecular formula is C9H14O3. The smallest absolute Gasteiger partial charge is 0.330 e. The molecule has 0 saturated heterocycles. The van der Waals surface area contributed by atoms with E-state index in [1.807, 2.05) is 0 Å². The van der Waals surface area contributed by atoms with Crippen LogP contribution in [0.3, 0.4) is 0 Å². The van der Waals surface area contributed by atoms with Crippen molar-refractivity contribution >= 4 is 5.97 Å². The number of ether oxygens (including phenoxy) is 1. The van der Waals surface area contributed by atoms with E-state index in [9.17, 15) is 9.90 Å². The summed E-state index contributed by atoms with van der Waals surface area (Å²) in [5.74, 6) is -0.407. The Morgan fingerprint density at radius 1 is 1.50 bits per heavy atom. The van der Waals surface area contributed by atoms with E-state index in [-0.39, 0.29) is 0 Å². The molecule has 0 unspecified atom stereocenters. The van der Waals surface area contributed by atoms with E-state index in [1.165, 1.54) is 13.2 Å². The van der Waals surface area contributed by atoms with Crippen LogP contribution in [0.15, 0.2) is 12.2 Å². The summed E-state index contributed by atoms with van der Waals surface area (Å²) >= 11 is 0. The average molecular weight is 170 g/mol. The normalized spacial score (nSPS) is 21.5. The van der Waals surface area contributed by atoms with Crippen molar-refractivity contribution in [3.05, 3.63) is 12.2 Å². The average Bonchev–Trinajstić information content (AvgIpc) is 2.49. The molecule has 0 spiro atoms. The molecule has 0 bridgehead atoms. The van der Waals surface area contributed by atoms with E-state index in [0.29, 0.717) is 0 Å². The number of hydrogen-bond donors (Lipinski definition) is 1. The van der Waals surface area contributed by atoms with E-state index in [0.717, 1.165) is 25.7 Å². The Labute approximate surface area is 72.0 Å². The van der Waals surface area contributed by atoms with Gasteiger partial charge in [-0.3, -0.25) is 0 Å². The van der Waals surface area contributed by atoms with Crippen LogP contribution in [0, 0.1) is 0 Å². The molecule has 1 saturated carbocycles. The van der Waals surface area contributed by atoms with Crippen molar-refractivity contribution in [2.75, 3.05) is 7.11 Å². The molecule has 0 aromatic carbocycles. The predicted octanol–water partition coefficient (Wildman–Crippen LogP) is 1.02. The number of hydrogen-bond acceptors (Lipinski definition) is 3. The fourth-order valence-corrected chi connectivity index (χ4v) is 1.45. The zero-order valence-electron chi connectivity index (χ0n) is 7.25. The van der Waals surface area contributed by atoms with Gasteiger partial charge in [0.2, 0.25) is 0 Å². The molecule has 0 radical (unpaired) electrons. The Bertz CT molecular complexity index is 190. The summed E-state index contributed by atoms with van der Waals surface area (Å²) in [4.78, 5) is 10.7. The first-order chi connectivity index (χ1) is 5.66. The molecule has 1 aliphatic carbocycles. The minimum atomic E-state index is -0.756. The van der Waals surface area contributed by atoms with E-state index in [2.05, 4.69) is 4.74 Å². The fourth-order valence-electron chi connectivity index (χ4n) is 1.45. The van der Waals surface area contributed by atoms with E-state index in [4.69, 9.17) is 0 Å². The van der Waals surface area contributed by atoms with Gasteiger partial charge in [0.25, 0.3) is 0 Å². The highest BCUT2D eigenvalue weighted by Crippen LogP contribution is 2.30.